The summed E-state index contributed by atoms with van der Waals surface area (Å²) in [6, 6.07) is 2.31. The zero-order valence-electron chi connectivity index (χ0n) is 16.4. The van der Waals surface area contributed by atoms with Crippen molar-refractivity contribution >= 4 is 11.8 Å². The second-order valence-corrected chi connectivity index (χ2v) is 8.30. The van der Waals surface area contributed by atoms with Gasteiger partial charge in [0, 0.05) is 39.3 Å². The molecule has 150 valence electrons. The van der Waals surface area contributed by atoms with Gasteiger partial charge in [-0.3, -0.25) is 19.4 Å². The molecule has 7 nitrogen and oxygen atoms in total. The number of nitrogens with zero attached hydrogens (tertiary/aromatic N) is 4. The standard InChI is InChI=1S/C20H33N5O2/c21-17-20(7-3-4-8-20)22-18(26)15-23-11-13-24(14-12-23)16-19(27)25-9-5-1-2-6-10-25/h1-16H2,(H,22,26). The summed E-state index contributed by atoms with van der Waals surface area (Å²) in [6.07, 6.45) is 8.27. The molecule has 2 heterocycles. The van der Waals surface area contributed by atoms with E-state index >= 15 is 0 Å². The zero-order valence-corrected chi connectivity index (χ0v) is 16.4. The number of carbonyl (C=O) groups excluding carboxylic acids is 2. The van der Waals surface area contributed by atoms with Crippen molar-refractivity contribution in [2.45, 2.75) is 56.9 Å². The maximum Gasteiger partial charge on any atom is 0.236 e. The largest absolute Gasteiger partial charge is 0.342 e. The number of hydrogen-bond acceptors (Lipinski definition) is 5. The van der Waals surface area contributed by atoms with Crippen LogP contribution in [0.4, 0.5) is 0 Å². The van der Waals surface area contributed by atoms with E-state index in [-0.39, 0.29) is 11.8 Å². The lowest BCUT2D eigenvalue weighted by molar-refractivity contribution is -0.133. The summed E-state index contributed by atoms with van der Waals surface area (Å²) in [5, 5.41) is 12.4. The van der Waals surface area contributed by atoms with Gasteiger partial charge >= 0.3 is 0 Å². The predicted octanol–water partition coefficient (Wildman–Crippen LogP) is 0.959. The lowest BCUT2D eigenvalue weighted by Crippen LogP contribution is -2.54. The summed E-state index contributed by atoms with van der Waals surface area (Å²) in [5.74, 6) is 0.202. The van der Waals surface area contributed by atoms with Crippen LogP contribution in [0.5, 0.6) is 0 Å². The highest BCUT2D eigenvalue weighted by molar-refractivity contribution is 5.79. The maximum atomic E-state index is 12.5. The normalized spacial score (nSPS) is 24.2. The van der Waals surface area contributed by atoms with Crippen molar-refractivity contribution in [3.8, 4) is 6.07 Å². The molecule has 0 unspecified atom stereocenters. The fourth-order valence-electron chi connectivity index (χ4n) is 4.47. The summed E-state index contributed by atoms with van der Waals surface area (Å²) < 4.78 is 0. The van der Waals surface area contributed by atoms with Crippen LogP contribution in [0.1, 0.15) is 51.4 Å². The van der Waals surface area contributed by atoms with E-state index in [9.17, 15) is 14.9 Å². The van der Waals surface area contributed by atoms with Crippen LogP contribution >= 0.6 is 0 Å². The maximum absolute atomic E-state index is 12.5. The molecule has 0 aromatic rings. The van der Waals surface area contributed by atoms with E-state index in [0.29, 0.717) is 13.1 Å². The monoisotopic (exact) mass is 375 g/mol. The number of hydrogen-bond donors (Lipinski definition) is 1. The molecule has 0 aromatic heterocycles. The van der Waals surface area contributed by atoms with Gasteiger partial charge in [0.05, 0.1) is 19.2 Å². The van der Waals surface area contributed by atoms with E-state index in [4.69, 9.17) is 0 Å². The zero-order chi connectivity index (χ0) is 19.1. The summed E-state index contributed by atoms with van der Waals surface area (Å²) >= 11 is 0. The van der Waals surface area contributed by atoms with Gasteiger partial charge in [0.2, 0.25) is 11.8 Å². The molecule has 3 fully saturated rings. The first kappa shape index (κ1) is 20.1. The minimum absolute atomic E-state index is 0.0486. The third-order valence-corrected chi connectivity index (χ3v) is 6.20. The van der Waals surface area contributed by atoms with Gasteiger partial charge in [-0.15, -0.1) is 0 Å². The molecule has 0 atom stereocenters. The molecular weight excluding hydrogens is 342 g/mol. The first-order valence-corrected chi connectivity index (χ1v) is 10.5. The molecule has 1 N–H and O–H groups in total. The van der Waals surface area contributed by atoms with Gasteiger partial charge in [-0.2, -0.15) is 5.26 Å². The Labute approximate surface area is 162 Å². The van der Waals surface area contributed by atoms with E-state index in [1.165, 1.54) is 12.8 Å². The Morgan fingerprint density at radius 1 is 0.815 bits per heavy atom. The second-order valence-electron chi connectivity index (χ2n) is 8.30. The lowest BCUT2D eigenvalue weighted by Gasteiger charge is -2.35. The van der Waals surface area contributed by atoms with Crippen LogP contribution in [0.15, 0.2) is 0 Å². The second kappa shape index (κ2) is 9.52. The molecule has 27 heavy (non-hydrogen) atoms. The molecule has 2 aliphatic heterocycles. The molecule has 0 radical (unpaired) electrons. The van der Waals surface area contributed by atoms with Crippen LogP contribution in [0.3, 0.4) is 0 Å². The Hall–Kier alpha value is -1.65. The minimum Gasteiger partial charge on any atom is -0.342 e. The predicted molar refractivity (Wildman–Crippen MR) is 103 cm³/mol. The molecule has 1 saturated carbocycles. The van der Waals surface area contributed by atoms with Gasteiger partial charge < -0.3 is 10.2 Å². The van der Waals surface area contributed by atoms with Crippen LogP contribution in [-0.4, -0.2) is 84.4 Å². The molecule has 0 spiro atoms. The van der Waals surface area contributed by atoms with Gasteiger partial charge in [0.15, 0.2) is 0 Å². The summed E-state index contributed by atoms with van der Waals surface area (Å²) in [5.41, 5.74) is -0.640. The molecule has 2 amide bonds. The molecule has 1 aliphatic carbocycles. The van der Waals surface area contributed by atoms with Crippen molar-refractivity contribution in [1.29, 1.82) is 5.26 Å². The highest BCUT2D eigenvalue weighted by Crippen LogP contribution is 2.28. The lowest BCUT2D eigenvalue weighted by atomic mass is 10.00. The van der Waals surface area contributed by atoms with Crippen molar-refractivity contribution in [3.63, 3.8) is 0 Å². The van der Waals surface area contributed by atoms with Crippen LogP contribution in [-0.2, 0) is 9.59 Å². The Morgan fingerprint density at radius 3 is 1.93 bits per heavy atom. The van der Waals surface area contributed by atoms with Crippen LogP contribution in [0.25, 0.3) is 0 Å². The van der Waals surface area contributed by atoms with Gasteiger partial charge in [0.1, 0.15) is 5.54 Å². The third kappa shape index (κ3) is 5.66. The summed E-state index contributed by atoms with van der Waals surface area (Å²) in [4.78, 5) is 31.2. The topological polar surface area (TPSA) is 79.7 Å². The van der Waals surface area contributed by atoms with Crippen molar-refractivity contribution in [2.24, 2.45) is 0 Å². The number of piperazine rings is 1. The Kier molecular flexibility index (Phi) is 7.08. The summed E-state index contributed by atoms with van der Waals surface area (Å²) in [7, 11) is 0. The SMILES string of the molecule is N#CC1(NC(=O)CN2CCN(CC(=O)N3CCCCCC3)CC2)CCCC1. The molecule has 2 saturated heterocycles. The summed E-state index contributed by atoms with van der Waals surface area (Å²) in [6.45, 7) is 5.86. The van der Waals surface area contributed by atoms with Crippen molar-refractivity contribution < 1.29 is 9.59 Å². The Morgan fingerprint density at radius 2 is 1.37 bits per heavy atom. The Balaban J connectivity index is 1.38. The highest BCUT2D eigenvalue weighted by atomic mass is 16.2. The van der Waals surface area contributed by atoms with E-state index in [1.54, 1.807) is 0 Å². The molecule has 3 rings (SSSR count). The first-order chi connectivity index (χ1) is 13.1. The smallest absolute Gasteiger partial charge is 0.236 e. The molecule has 7 heteroatoms. The van der Waals surface area contributed by atoms with Gasteiger partial charge in [-0.1, -0.05) is 12.8 Å². The van der Waals surface area contributed by atoms with Crippen LogP contribution < -0.4 is 5.32 Å². The van der Waals surface area contributed by atoms with E-state index in [2.05, 4.69) is 21.2 Å². The quantitative estimate of drug-likeness (QED) is 0.774. The number of nitrogens with one attached hydrogen (secondary N) is 1. The van der Waals surface area contributed by atoms with Crippen LogP contribution in [0.2, 0.25) is 0 Å². The highest BCUT2D eigenvalue weighted by Gasteiger charge is 2.35. The average molecular weight is 376 g/mol. The van der Waals surface area contributed by atoms with Crippen molar-refractivity contribution in [3.05, 3.63) is 0 Å². The number of likely N-dealkylation sites (tertiary alicyclic amines) is 1. The molecule has 3 aliphatic rings. The third-order valence-electron chi connectivity index (χ3n) is 6.20. The number of carbonyl (C=O) groups is 2. The first-order valence-electron chi connectivity index (χ1n) is 10.5. The van der Waals surface area contributed by atoms with E-state index in [1.807, 2.05) is 4.90 Å². The fourth-order valence-corrected chi connectivity index (χ4v) is 4.47. The van der Waals surface area contributed by atoms with E-state index < -0.39 is 5.54 Å². The van der Waals surface area contributed by atoms with Crippen molar-refractivity contribution in [2.75, 3.05) is 52.4 Å². The number of nitriles is 1. The average Bonchev–Trinajstić information content (AvgIpc) is 2.96. The fraction of sp³-hybridized carbons (Fsp3) is 0.850. The Bertz CT molecular complexity index is 551. The number of amides is 2. The van der Waals surface area contributed by atoms with Gasteiger partial charge in [-0.25, -0.2) is 0 Å². The minimum atomic E-state index is -0.640. The van der Waals surface area contributed by atoms with Gasteiger partial charge in [-0.05, 0) is 38.5 Å². The molecular formula is C20H33N5O2. The molecule has 0 aromatic carbocycles. The van der Waals surface area contributed by atoms with E-state index in [0.717, 1.165) is 77.8 Å². The van der Waals surface area contributed by atoms with Crippen LogP contribution in [0, 0.1) is 11.3 Å². The number of rotatable bonds is 5. The molecule has 0 bridgehead atoms. The van der Waals surface area contributed by atoms with Gasteiger partial charge in [0.25, 0.3) is 0 Å². The van der Waals surface area contributed by atoms with Crippen molar-refractivity contribution in [1.82, 2.24) is 20.0 Å².